The molecule has 2 N–H and O–H groups in total. The highest BCUT2D eigenvalue weighted by Gasteiger charge is 2.15. The zero-order valence-electron chi connectivity index (χ0n) is 11.4. The van der Waals surface area contributed by atoms with Gasteiger partial charge in [0.25, 0.3) is 0 Å². The summed E-state index contributed by atoms with van der Waals surface area (Å²) in [6.07, 6.45) is 0. The number of hydrogen-bond donors (Lipinski definition) is 1. The average Bonchev–Trinajstić information content (AvgIpc) is 2.44. The first-order valence-electron chi connectivity index (χ1n) is 5.89. The van der Waals surface area contributed by atoms with Crippen LogP contribution in [0.4, 0.5) is 0 Å². The van der Waals surface area contributed by atoms with Crippen LogP contribution in [-0.2, 0) is 16.1 Å². The second-order valence-corrected chi connectivity index (χ2v) is 3.63. The maximum absolute atomic E-state index is 11.3. The molecule has 0 aliphatic rings. The van der Waals surface area contributed by atoms with Crippen LogP contribution in [0, 0.1) is 0 Å². The van der Waals surface area contributed by atoms with E-state index in [0.717, 1.165) is 5.56 Å². The molecule has 0 saturated heterocycles. The van der Waals surface area contributed by atoms with Gasteiger partial charge in [0, 0.05) is 6.54 Å². The summed E-state index contributed by atoms with van der Waals surface area (Å²) >= 11 is 0. The Kier molecular flexibility index (Phi) is 5.95. The molecule has 0 amide bonds. The van der Waals surface area contributed by atoms with Gasteiger partial charge in [-0.25, -0.2) is 4.79 Å². The minimum Gasteiger partial charge on any atom is -0.493 e. The van der Waals surface area contributed by atoms with E-state index < -0.39 is 5.97 Å². The summed E-state index contributed by atoms with van der Waals surface area (Å²) < 4.78 is 20.6. The molecule has 0 unspecified atom stereocenters. The third-order valence-corrected chi connectivity index (χ3v) is 2.40. The zero-order valence-corrected chi connectivity index (χ0v) is 11.4. The molecule has 0 aliphatic carbocycles. The first-order chi connectivity index (χ1) is 9.15. The van der Waals surface area contributed by atoms with Crippen LogP contribution in [0.2, 0.25) is 0 Å². The van der Waals surface area contributed by atoms with Crippen LogP contribution in [-0.4, -0.2) is 33.4 Å². The summed E-state index contributed by atoms with van der Waals surface area (Å²) in [6.45, 7) is 2.19. The highest BCUT2D eigenvalue weighted by atomic mass is 16.6. The van der Waals surface area contributed by atoms with Crippen LogP contribution in [0.3, 0.4) is 0 Å². The SMILES string of the molecule is CCOC(=O)COc1c(OC)cc(CN)cc1OC. The molecule has 0 spiro atoms. The van der Waals surface area contributed by atoms with E-state index in [2.05, 4.69) is 0 Å². The van der Waals surface area contributed by atoms with Crippen molar-refractivity contribution in [2.45, 2.75) is 13.5 Å². The average molecular weight is 269 g/mol. The van der Waals surface area contributed by atoms with Crippen molar-refractivity contribution >= 4 is 5.97 Å². The van der Waals surface area contributed by atoms with Crippen LogP contribution in [0.5, 0.6) is 17.2 Å². The van der Waals surface area contributed by atoms with Gasteiger partial charge in [-0.15, -0.1) is 0 Å². The third-order valence-electron chi connectivity index (χ3n) is 2.40. The summed E-state index contributed by atoms with van der Waals surface area (Å²) in [6, 6.07) is 3.48. The summed E-state index contributed by atoms with van der Waals surface area (Å²) in [5.41, 5.74) is 6.43. The zero-order chi connectivity index (χ0) is 14.3. The maximum atomic E-state index is 11.3. The Morgan fingerprint density at radius 1 is 1.21 bits per heavy atom. The molecule has 0 aromatic heterocycles. The molecule has 0 atom stereocenters. The second-order valence-electron chi connectivity index (χ2n) is 3.63. The predicted molar refractivity (Wildman–Crippen MR) is 69.6 cm³/mol. The molecule has 19 heavy (non-hydrogen) atoms. The minimum absolute atomic E-state index is 0.206. The van der Waals surface area contributed by atoms with Crippen LogP contribution in [0.15, 0.2) is 12.1 Å². The Morgan fingerprint density at radius 3 is 2.21 bits per heavy atom. The Balaban J connectivity index is 2.94. The molecule has 1 aromatic rings. The van der Waals surface area contributed by atoms with Crippen LogP contribution in [0.1, 0.15) is 12.5 Å². The van der Waals surface area contributed by atoms with Gasteiger partial charge in [0.05, 0.1) is 20.8 Å². The molecule has 1 rings (SSSR count). The molecule has 1 aromatic carbocycles. The molecular weight excluding hydrogens is 250 g/mol. The molecule has 0 fully saturated rings. The lowest BCUT2D eigenvalue weighted by molar-refractivity contribution is -0.145. The van der Waals surface area contributed by atoms with Gasteiger partial charge in [0.15, 0.2) is 18.1 Å². The lowest BCUT2D eigenvalue weighted by Crippen LogP contribution is -2.15. The highest BCUT2D eigenvalue weighted by Crippen LogP contribution is 2.38. The van der Waals surface area contributed by atoms with Crippen molar-refractivity contribution in [3.8, 4) is 17.2 Å². The van der Waals surface area contributed by atoms with Gasteiger partial charge in [0.2, 0.25) is 5.75 Å². The lowest BCUT2D eigenvalue weighted by atomic mass is 10.2. The van der Waals surface area contributed by atoms with E-state index in [1.807, 2.05) is 0 Å². The lowest BCUT2D eigenvalue weighted by Gasteiger charge is -2.15. The van der Waals surface area contributed by atoms with E-state index in [4.69, 9.17) is 24.7 Å². The summed E-state index contributed by atoms with van der Waals surface area (Å²) in [5, 5.41) is 0. The Hall–Kier alpha value is -1.95. The number of carbonyl (C=O) groups excluding carboxylic acids is 1. The van der Waals surface area contributed by atoms with E-state index in [0.29, 0.717) is 30.4 Å². The third kappa shape index (κ3) is 4.03. The molecule has 6 nitrogen and oxygen atoms in total. The number of benzene rings is 1. The molecule has 0 radical (unpaired) electrons. The van der Waals surface area contributed by atoms with Gasteiger partial charge >= 0.3 is 5.97 Å². The number of methoxy groups -OCH3 is 2. The number of esters is 1. The van der Waals surface area contributed by atoms with Crippen molar-refractivity contribution in [3.05, 3.63) is 17.7 Å². The largest absolute Gasteiger partial charge is 0.493 e. The normalized spacial score (nSPS) is 9.89. The van der Waals surface area contributed by atoms with Crippen LogP contribution >= 0.6 is 0 Å². The highest BCUT2D eigenvalue weighted by molar-refractivity contribution is 5.71. The second kappa shape index (κ2) is 7.48. The smallest absolute Gasteiger partial charge is 0.344 e. The van der Waals surface area contributed by atoms with Gasteiger partial charge in [0.1, 0.15) is 0 Å². The number of hydrogen-bond acceptors (Lipinski definition) is 6. The van der Waals surface area contributed by atoms with E-state index in [1.54, 1.807) is 19.1 Å². The van der Waals surface area contributed by atoms with Gasteiger partial charge in [-0.1, -0.05) is 0 Å². The van der Waals surface area contributed by atoms with Crippen LogP contribution in [0.25, 0.3) is 0 Å². The standard InChI is InChI=1S/C13H19NO5/c1-4-18-12(15)8-19-13-10(16-2)5-9(7-14)6-11(13)17-3/h5-6H,4,7-8,14H2,1-3H3. The van der Waals surface area contributed by atoms with Gasteiger partial charge < -0.3 is 24.7 Å². The molecular formula is C13H19NO5. The van der Waals surface area contributed by atoms with Gasteiger partial charge in [-0.2, -0.15) is 0 Å². The predicted octanol–water partition coefficient (Wildman–Crippen LogP) is 1.10. The van der Waals surface area contributed by atoms with Crippen molar-refractivity contribution in [2.75, 3.05) is 27.4 Å². The Morgan fingerprint density at radius 2 is 1.79 bits per heavy atom. The summed E-state index contributed by atoms with van der Waals surface area (Å²) in [4.78, 5) is 11.3. The molecule has 0 bridgehead atoms. The molecule has 0 aliphatic heterocycles. The number of ether oxygens (including phenoxy) is 4. The minimum atomic E-state index is -0.450. The Bertz CT molecular complexity index is 408. The molecule has 106 valence electrons. The van der Waals surface area contributed by atoms with E-state index >= 15 is 0 Å². The number of carbonyl (C=O) groups is 1. The molecule has 6 heteroatoms. The fourth-order valence-corrected chi connectivity index (χ4v) is 1.53. The first-order valence-corrected chi connectivity index (χ1v) is 5.89. The maximum Gasteiger partial charge on any atom is 0.344 e. The number of rotatable bonds is 7. The van der Waals surface area contributed by atoms with Gasteiger partial charge in [-0.3, -0.25) is 0 Å². The van der Waals surface area contributed by atoms with E-state index in [-0.39, 0.29) is 6.61 Å². The summed E-state index contributed by atoms with van der Waals surface area (Å²) in [5.74, 6) is 0.831. The summed E-state index contributed by atoms with van der Waals surface area (Å²) in [7, 11) is 3.01. The van der Waals surface area contributed by atoms with E-state index in [9.17, 15) is 4.79 Å². The van der Waals surface area contributed by atoms with Crippen molar-refractivity contribution in [2.24, 2.45) is 5.73 Å². The van der Waals surface area contributed by atoms with Crippen molar-refractivity contribution in [3.63, 3.8) is 0 Å². The van der Waals surface area contributed by atoms with Gasteiger partial charge in [-0.05, 0) is 24.6 Å². The van der Waals surface area contributed by atoms with Crippen molar-refractivity contribution < 1.29 is 23.7 Å². The van der Waals surface area contributed by atoms with E-state index in [1.165, 1.54) is 14.2 Å². The fourth-order valence-electron chi connectivity index (χ4n) is 1.53. The van der Waals surface area contributed by atoms with Crippen molar-refractivity contribution in [1.29, 1.82) is 0 Å². The molecule has 0 heterocycles. The monoisotopic (exact) mass is 269 g/mol. The van der Waals surface area contributed by atoms with Crippen LogP contribution < -0.4 is 19.9 Å². The fraction of sp³-hybridized carbons (Fsp3) is 0.462. The molecule has 0 saturated carbocycles. The quantitative estimate of drug-likeness (QED) is 0.747. The Labute approximate surface area is 112 Å². The topological polar surface area (TPSA) is 80.0 Å². The number of nitrogens with two attached hydrogens (primary N) is 1. The first kappa shape index (κ1) is 15.1. The van der Waals surface area contributed by atoms with Crippen molar-refractivity contribution in [1.82, 2.24) is 0 Å².